The zero-order valence-corrected chi connectivity index (χ0v) is 18.2. The first kappa shape index (κ1) is 17.4. The third-order valence-electron chi connectivity index (χ3n) is 4.64. The lowest BCUT2D eigenvalue weighted by atomic mass is 10.3. The van der Waals surface area contributed by atoms with E-state index >= 15 is 0 Å². The lowest BCUT2D eigenvalue weighted by molar-refractivity contribution is 0.593. The van der Waals surface area contributed by atoms with Gasteiger partial charge in [0.1, 0.15) is 0 Å². The molecule has 2 aromatic heterocycles. The molecule has 5 heteroatoms. The Kier molecular flexibility index (Phi) is 4.33. The normalized spacial score (nSPS) is 12.0. The largest absolute Gasteiger partial charge is 0.307 e. The average molecular weight is 469 g/mol. The van der Waals surface area contributed by atoms with Crippen LogP contribution in [0.4, 0.5) is 0 Å². The third-order valence-corrected chi connectivity index (χ3v) is 11.6. The Morgan fingerprint density at radius 1 is 0.667 bits per heavy atom. The van der Waals surface area contributed by atoms with E-state index in [1.807, 2.05) is 48.5 Å². The van der Waals surface area contributed by atoms with E-state index in [4.69, 9.17) is 0 Å². The van der Waals surface area contributed by atoms with E-state index < -0.39 is 7.14 Å². The monoisotopic (exact) mass is 468 g/mol. The van der Waals surface area contributed by atoms with Crippen LogP contribution in [0.3, 0.4) is 0 Å². The van der Waals surface area contributed by atoms with E-state index in [9.17, 15) is 4.57 Å². The molecule has 132 valence electrons. The summed E-state index contributed by atoms with van der Waals surface area (Å²) >= 11 is 6.78. The van der Waals surface area contributed by atoms with Crippen molar-refractivity contribution in [1.82, 2.24) is 0 Å². The summed E-state index contributed by atoms with van der Waals surface area (Å²) in [6.45, 7) is 0. The molecular formula is C22H14BrOPS2. The zero-order chi connectivity index (χ0) is 18.4. The van der Waals surface area contributed by atoms with E-state index in [1.165, 1.54) is 9.40 Å². The molecule has 5 rings (SSSR count). The molecule has 0 saturated heterocycles. The minimum atomic E-state index is -2.93. The van der Waals surface area contributed by atoms with Crippen LogP contribution in [-0.4, -0.2) is 0 Å². The fourth-order valence-corrected chi connectivity index (χ4v) is 10.1. The molecule has 0 N–H and O–H groups in total. The predicted octanol–water partition coefficient (Wildman–Crippen LogP) is 6.52. The van der Waals surface area contributed by atoms with Crippen LogP contribution in [0.1, 0.15) is 0 Å². The van der Waals surface area contributed by atoms with Crippen molar-refractivity contribution in [3.63, 3.8) is 0 Å². The lowest BCUT2D eigenvalue weighted by Crippen LogP contribution is -2.21. The Balaban J connectivity index is 1.81. The first-order valence-corrected chi connectivity index (χ1v) is 12.6. The van der Waals surface area contributed by atoms with Gasteiger partial charge in [-0.05, 0) is 59.3 Å². The topological polar surface area (TPSA) is 17.1 Å². The second-order valence-electron chi connectivity index (χ2n) is 6.33. The smallest absolute Gasteiger partial charge is 0.190 e. The van der Waals surface area contributed by atoms with Gasteiger partial charge in [-0.1, -0.05) is 52.3 Å². The highest BCUT2D eigenvalue weighted by Crippen LogP contribution is 2.48. The first-order valence-electron chi connectivity index (χ1n) is 8.49. The predicted molar refractivity (Wildman–Crippen MR) is 124 cm³/mol. The summed E-state index contributed by atoms with van der Waals surface area (Å²) in [5.41, 5.74) is 0. The van der Waals surface area contributed by atoms with E-state index in [1.54, 1.807) is 22.7 Å². The van der Waals surface area contributed by atoms with Crippen LogP contribution in [0.15, 0.2) is 89.4 Å². The number of halogens is 1. The molecule has 0 atom stereocenters. The molecule has 0 aliphatic heterocycles. The summed E-state index contributed by atoms with van der Waals surface area (Å²) in [4.78, 5) is 0. The molecule has 0 aliphatic carbocycles. The molecule has 0 radical (unpaired) electrons. The number of fused-ring (bicyclic) bond motifs is 2. The molecular weight excluding hydrogens is 455 g/mol. The van der Waals surface area contributed by atoms with Crippen LogP contribution in [0.25, 0.3) is 20.2 Å². The quantitative estimate of drug-likeness (QED) is 0.275. The van der Waals surface area contributed by atoms with Gasteiger partial charge in [0.15, 0.2) is 7.14 Å². The van der Waals surface area contributed by atoms with Crippen molar-refractivity contribution in [2.45, 2.75) is 0 Å². The van der Waals surface area contributed by atoms with Crippen LogP contribution in [-0.2, 0) is 4.57 Å². The highest BCUT2D eigenvalue weighted by Gasteiger charge is 2.33. The molecule has 0 aliphatic rings. The van der Waals surface area contributed by atoms with Crippen molar-refractivity contribution in [1.29, 1.82) is 0 Å². The Bertz CT molecular complexity index is 1170. The fraction of sp³-hybridized carbons (Fsp3) is 0. The van der Waals surface area contributed by atoms with Crippen LogP contribution in [0.5, 0.6) is 0 Å². The van der Waals surface area contributed by atoms with Gasteiger partial charge in [0, 0.05) is 19.2 Å². The molecule has 0 saturated carbocycles. The summed E-state index contributed by atoms with van der Waals surface area (Å²) in [5.74, 6) is 0. The molecule has 0 unspecified atom stereocenters. The number of rotatable bonds is 3. The standard InChI is InChI=1S/C22H14BrOPS2/c23-17-9-11-18(12-10-17)25(24,21-13-15-5-1-3-7-19(15)26-21)22-14-16-6-2-4-8-20(16)27-22/h1-14H. The van der Waals surface area contributed by atoms with E-state index in [0.717, 1.165) is 29.8 Å². The SMILES string of the molecule is O=P(c1ccc(Br)cc1)(c1cc2ccccc2s1)c1cc2ccccc2s1. The second-order valence-corrected chi connectivity index (χ2v) is 12.7. The number of hydrogen-bond acceptors (Lipinski definition) is 3. The second kappa shape index (κ2) is 6.72. The molecule has 27 heavy (non-hydrogen) atoms. The van der Waals surface area contributed by atoms with Crippen LogP contribution >= 0.6 is 45.7 Å². The van der Waals surface area contributed by atoms with Crippen LogP contribution in [0, 0.1) is 0 Å². The minimum absolute atomic E-state index is 0.879. The summed E-state index contributed by atoms with van der Waals surface area (Å²) in [7, 11) is -2.93. The maximum atomic E-state index is 14.7. The van der Waals surface area contributed by atoms with Crippen molar-refractivity contribution in [2.24, 2.45) is 0 Å². The van der Waals surface area contributed by atoms with Gasteiger partial charge in [0.25, 0.3) is 0 Å². The average Bonchev–Trinajstić information content (AvgIpc) is 3.32. The first-order chi connectivity index (χ1) is 13.1. The van der Waals surface area contributed by atoms with Gasteiger partial charge in [0.2, 0.25) is 0 Å². The number of hydrogen-bond donors (Lipinski definition) is 0. The van der Waals surface area contributed by atoms with Gasteiger partial charge >= 0.3 is 0 Å². The lowest BCUT2D eigenvalue weighted by Gasteiger charge is -2.16. The molecule has 2 heterocycles. The molecule has 5 aromatic rings. The molecule has 1 nitrogen and oxygen atoms in total. The van der Waals surface area contributed by atoms with Crippen molar-refractivity contribution in [3.8, 4) is 0 Å². The van der Waals surface area contributed by atoms with Gasteiger partial charge < -0.3 is 4.57 Å². The van der Waals surface area contributed by atoms with Gasteiger partial charge in [0.05, 0.1) is 9.24 Å². The molecule has 0 amide bonds. The van der Waals surface area contributed by atoms with Gasteiger partial charge in [-0.25, -0.2) is 0 Å². The minimum Gasteiger partial charge on any atom is -0.307 e. The number of benzene rings is 3. The maximum absolute atomic E-state index is 14.7. The number of thiophene rings is 2. The zero-order valence-electron chi connectivity index (χ0n) is 14.1. The molecule has 0 spiro atoms. The van der Waals surface area contributed by atoms with Crippen LogP contribution in [0.2, 0.25) is 0 Å². The summed E-state index contributed by atoms with van der Waals surface area (Å²) in [5, 5.41) is 3.18. The van der Waals surface area contributed by atoms with Gasteiger partial charge in [-0.2, -0.15) is 0 Å². The Morgan fingerprint density at radius 2 is 1.15 bits per heavy atom. The van der Waals surface area contributed by atoms with Gasteiger partial charge in [-0.3, -0.25) is 0 Å². The molecule has 0 fully saturated rings. The van der Waals surface area contributed by atoms with Crippen molar-refractivity contribution in [3.05, 3.63) is 89.4 Å². The van der Waals surface area contributed by atoms with Gasteiger partial charge in [-0.15, -0.1) is 22.7 Å². The summed E-state index contributed by atoms with van der Waals surface area (Å²) < 4.78 is 19.9. The van der Waals surface area contributed by atoms with Crippen molar-refractivity contribution in [2.75, 3.05) is 0 Å². The Labute approximate surface area is 173 Å². The Morgan fingerprint density at radius 3 is 1.63 bits per heavy atom. The van der Waals surface area contributed by atoms with E-state index in [0.29, 0.717) is 0 Å². The van der Waals surface area contributed by atoms with E-state index in [-0.39, 0.29) is 0 Å². The molecule has 3 aromatic carbocycles. The van der Waals surface area contributed by atoms with E-state index in [2.05, 4.69) is 52.3 Å². The highest BCUT2D eigenvalue weighted by molar-refractivity contribution is 9.10. The Hall–Kier alpha value is -1.71. The maximum Gasteiger partial charge on any atom is 0.190 e. The summed E-state index contributed by atoms with van der Waals surface area (Å²) in [6, 6.07) is 28.6. The third kappa shape index (κ3) is 2.92. The van der Waals surface area contributed by atoms with Crippen molar-refractivity contribution >= 4 is 80.5 Å². The van der Waals surface area contributed by atoms with Crippen LogP contribution < -0.4 is 14.5 Å². The summed E-state index contributed by atoms with van der Waals surface area (Å²) in [6.07, 6.45) is 0. The van der Waals surface area contributed by atoms with Crippen molar-refractivity contribution < 1.29 is 4.57 Å². The fourth-order valence-electron chi connectivity index (χ4n) is 3.26. The molecule has 0 bridgehead atoms. The highest BCUT2D eigenvalue weighted by atomic mass is 79.9.